The van der Waals surface area contributed by atoms with Crippen molar-refractivity contribution in [3.05, 3.63) is 58.3 Å². The zero-order valence-corrected chi connectivity index (χ0v) is 11.1. The topological polar surface area (TPSA) is 17.1 Å². The summed E-state index contributed by atoms with van der Waals surface area (Å²) >= 11 is 3.30. The Morgan fingerprint density at radius 3 is 2.59 bits per heavy atom. The molecule has 1 aromatic carbocycles. The Morgan fingerprint density at radius 2 is 2.00 bits per heavy atom. The molecule has 0 spiro atoms. The third-order valence-corrected chi connectivity index (χ3v) is 3.90. The van der Waals surface area contributed by atoms with Crippen LogP contribution in [0.3, 0.4) is 0 Å². The molecule has 86 valence electrons. The van der Waals surface area contributed by atoms with Gasteiger partial charge in [0.2, 0.25) is 0 Å². The molecule has 0 N–H and O–H groups in total. The Hall–Kier alpha value is -1.32. The van der Waals surface area contributed by atoms with E-state index in [0.717, 1.165) is 10.4 Å². The molecule has 0 aliphatic heterocycles. The number of hydrogen-bond donors (Lipinski definition) is 0. The van der Waals surface area contributed by atoms with E-state index < -0.39 is 0 Å². The lowest BCUT2D eigenvalue weighted by molar-refractivity contribution is 0.104. The van der Waals surface area contributed by atoms with E-state index in [4.69, 9.17) is 0 Å². The molecule has 0 atom stereocenters. The third-order valence-electron chi connectivity index (χ3n) is 2.32. The van der Waals surface area contributed by atoms with Gasteiger partial charge in [-0.25, -0.2) is 0 Å². The summed E-state index contributed by atoms with van der Waals surface area (Å²) in [7, 11) is 0. The number of ketones is 1. The fourth-order valence-electron chi connectivity index (χ4n) is 1.40. The van der Waals surface area contributed by atoms with E-state index in [0.29, 0.717) is 0 Å². The maximum atomic E-state index is 11.9. The lowest BCUT2D eigenvalue weighted by Crippen LogP contribution is -1.93. The van der Waals surface area contributed by atoms with Crippen LogP contribution in [0.5, 0.6) is 0 Å². The van der Waals surface area contributed by atoms with Gasteiger partial charge in [-0.1, -0.05) is 6.07 Å². The van der Waals surface area contributed by atoms with Crippen LogP contribution in [0.4, 0.5) is 0 Å². The summed E-state index contributed by atoms with van der Waals surface area (Å²) in [4.78, 5) is 14.1. The summed E-state index contributed by atoms with van der Waals surface area (Å²) in [6, 6.07) is 11.6. The summed E-state index contributed by atoms with van der Waals surface area (Å²) < 4.78 is 0. The second-order valence-electron chi connectivity index (χ2n) is 3.44. The Morgan fingerprint density at radius 1 is 1.24 bits per heavy atom. The van der Waals surface area contributed by atoms with Gasteiger partial charge in [0, 0.05) is 15.3 Å². The number of carbonyl (C=O) groups is 1. The van der Waals surface area contributed by atoms with Gasteiger partial charge in [0.15, 0.2) is 5.78 Å². The molecule has 0 radical (unpaired) electrons. The minimum absolute atomic E-state index is 0.0473. The standard InChI is InChI=1S/C14H12OS2/c1-16-12-6-4-11(5-7-12)14(15)9-8-13-3-2-10-17-13/h2-10H,1H3/b9-8-. The second kappa shape index (κ2) is 5.84. The van der Waals surface area contributed by atoms with Gasteiger partial charge >= 0.3 is 0 Å². The molecule has 0 aliphatic rings. The minimum atomic E-state index is 0.0473. The lowest BCUT2D eigenvalue weighted by Gasteiger charge is -1.98. The molecule has 17 heavy (non-hydrogen) atoms. The molecule has 2 rings (SSSR count). The van der Waals surface area contributed by atoms with Gasteiger partial charge in [-0.05, 0) is 54.1 Å². The van der Waals surface area contributed by atoms with Crippen LogP contribution in [0.25, 0.3) is 6.08 Å². The van der Waals surface area contributed by atoms with Crippen LogP contribution in [0.1, 0.15) is 15.2 Å². The van der Waals surface area contributed by atoms with Crippen LogP contribution in [-0.2, 0) is 0 Å². The molecule has 0 fully saturated rings. The first kappa shape index (κ1) is 12.1. The maximum absolute atomic E-state index is 11.9. The van der Waals surface area contributed by atoms with Gasteiger partial charge in [0.25, 0.3) is 0 Å². The quantitative estimate of drug-likeness (QED) is 0.461. The van der Waals surface area contributed by atoms with Crippen molar-refractivity contribution in [1.29, 1.82) is 0 Å². The molecule has 1 aromatic heterocycles. The van der Waals surface area contributed by atoms with E-state index in [1.165, 1.54) is 4.90 Å². The Bertz CT molecular complexity index is 510. The van der Waals surface area contributed by atoms with Crippen molar-refractivity contribution >= 4 is 35.0 Å². The van der Waals surface area contributed by atoms with E-state index in [-0.39, 0.29) is 5.78 Å². The average molecular weight is 260 g/mol. The Kier molecular flexibility index (Phi) is 4.18. The van der Waals surface area contributed by atoms with Gasteiger partial charge in [-0.3, -0.25) is 4.79 Å². The molecule has 0 aliphatic carbocycles. The number of hydrogen-bond acceptors (Lipinski definition) is 3. The summed E-state index contributed by atoms with van der Waals surface area (Å²) in [5.41, 5.74) is 0.732. The average Bonchev–Trinajstić information content (AvgIpc) is 2.89. The van der Waals surface area contributed by atoms with E-state index in [1.807, 2.05) is 54.1 Å². The van der Waals surface area contributed by atoms with Gasteiger partial charge in [-0.2, -0.15) is 0 Å². The molecule has 3 heteroatoms. The number of allylic oxidation sites excluding steroid dienone is 1. The third kappa shape index (κ3) is 3.32. The van der Waals surface area contributed by atoms with Crippen molar-refractivity contribution in [3.63, 3.8) is 0 Å². The highest BCUT2D eigenvalue weighted by molar-refractivity contribution is 7.98. The van der Waals surface area contributed by atoms with Crippen molar-refractivity contribution in [1.82, 2.24) is 0 Å². The van der Waals surface area contributed by atoms with Crippen LogP contribution in [0, 0.1) is 0 Å². The van der Waals surface area contributed by atoms with Crippen molar-refractivity contribution in [3.8, 4) is 0 Å². The molecule has 0 bridgehead atoms. The molecule has 0 unspecified atom stereocenters. The number of thiophene rings is 1. The van der Waals surface area contributed by atoms with Gasteiger partial charge in [0.05, 0.1) is 0 Å². The minimum Gasteiger partial charge on any atom is -0.289 e. The van der Waals surface area contributed by atoms with Crippen LogP contribution in [0.15, 0.2) is 52.7 Å². The lowest BCUT2D eigenvalue weighted by atomic mass is 10.1. The second-order valence-corrected chi connectivity index (χ2v) is 5.30. The van der Waals surface area contributed by atoms with Crippen molar-refractivity contribution in [2.24, 2.45) is 0 Å². The van der Waals surface area contributed by atoms with Gasteiger partial charge in [0.1, 0.15) is 0 Å². The number of benzene rings is 1. The first-order chi connectivity index (χ1) is 8.29. The number of carbonyl (C=O) groups excluding carboxylic acids is 1. The predicted molar refractivity (Wildman–Crippen MR) is 75.9 cm³/mol. The summed E-state index contributed by atoms with van der Waals surface area (Å²) in [5, 5.41) is 2.00. The molecule has 0 saturated carbocycles. The Balaban J connectivity index is 2.09. The number of rotatable bonds is 4. The van der Waals surface area contributed by atoms with Crippen LogP contribution in [-0.4, -0.2) is 12.0 Å². The van der Waals surface area contributed by atoms with Crippen molar-refractivity contribution in [2.45, 2.75) is 4.90 Å². The van der Waals surface area contributed by atoms with E-state index in [9.17, 15) is 4.79 Å². The highest BCUT2D eigenvalue weighted by atomic mass is 32.2. The molecule has 0 saturated heterocycles. The van der Waals surface area contributed by atoms with E-state index in [1.54, 1.807) is 29.2 Å². The Labute approximate surface area is 109 Å². The highest BCUT2D eigenvalue weighted by Gasteiger charge is 2.01. The zero-order chi connectivity index (χ0) is 12.1. The van der Waals surface area contributed by atoms with Crippen molar-refractivity contribution in [2.75, 3.05) is 6.26 Å². The zero-order valence-electron chi connectivity index (χ0n) is 9.42. The largest absolute Gasteiger partial charge is 0.289 e. The van der Waals surface area contributed by atoms with Gasteiger partial charge in [-0.15, -0.1) is 23.1 Å². The fourth-order valence-corrected chi connectivity index (χ4v) is 2.42. The first-order valence-electron chi connectivity index (χ1n) is 5.19. The highest BCUT2D eigenvalue weighted by Crippen LogP contribution is 2.16. The molecule has 0 amide bonds. The maximum Gasteiger partial charge on any atom is 0.185 e. The van der Waals surface area contributed by atoms with E-state index in [2.05, 4.69) is 0 Å². The summed E-state index contributed by atoms with van der Waals surface area (Å²) in [6.07, 6.45) is 5.50. The molecular weight excluding hydrogens is 248 g/mol. The van der Waals surface area contributed by atoms with Crippen molar-refractivity contribution < 1.29 is 4.79 Å². The van der Waals surface area contributed by atoms with Gasteiger partial charge < -0.3 is 0 Å². The molecular formula is C14H12OS2. The summed E-state index contributed by atoms with van der Waals surface area (Å²) in [6.45, 7) is 0. The van der Waals surface area contributed by atoms with E-state index >= 15 is 0 Å². The normalized spacial score (nSPS) is 10.9. The molecule has 1 nitrogen and oxygen atoms in total. The predicted octanol–water partition coefficient (Wildman–Crippen LogP) is 4.37. The molecule has 1 heterocycles. The van der Waals surface area contributed by atoms with Crippen LogP contribution in [0.2, 0.25) is 0 Å². The summed E-state index contributed by atoms with van der Waals surface area (Å²) in [5.74, 6) is 0.0473. The van der Waals surface area contributed by atoms with Crippen LogP contribution >= 0.6 is 23.1 Å². The SMILES string of the molecule is CSc1ccc(C(=O)/C=C\c2cccs2)cc1. The smallest absolute Gasteiger partial charge is 0.185 e. The monoisotopic (exact) mass is 260 g/mol. The fraction of sp³-hybridized carbons (Fsp3) is 0.0714. The molecule has 2 aromatic rings. The van der Waals surface area contributed by atoms with Crippen LogP contribution < -0.4 is 0 Å². The number of thioether (sulfide) groups is 1. The first-order valence-corrected chi connectivity index (χ1v) is 7.30.